The first-order chi connectivity index (χ1) is 9.85. The Morgan fingerprint density at radius 2 is 2.10 bits per heavy atom. The number of nitrogens with two attached hydrogens (primary N) is 1. The molecule has 0 fully saturated rings. The van der Waals surface area contributed by atoms with Gasteiger partial charge < -0.3 is 21.5 Å². The van der Waals surface area contributed by atoms with Gasteiger partial charge in [0, 0.05) is 24.7 Å². The number of halogens is 1. The number of nitrogens with one attached hydrogen (secondary N) is 2. The fourth-order valence-corrected chi connectivity index (χ4v) is 1.67. The van der Waals surface area contributed by atoms with E-state index in [-0.39, 0.29) is 41.9 Å². The molecule has 5 N–H and O–H groups in total. The number of hydrogen-bond acceptors (Lipinski definition) is 4. The zero-order valence-corrected chi connectivity index (χ0v) is 12.1. The van der Waals surface area contributed by atoms with Crippen molar-refractivity contribution in [2.75, 3.05) is 17.6 Å². The number of anilines is 2. The summed E-state index contributed by atoms with van der Waals surface area (Å²) in [4.78, 5) is 22.5. The molecule has 0 saturated heterocycles. The zero-order valence-electron chi connectivity index (χ0n) is 12.1. The summed E-state index contributed by atoms with van der Waals surface area (Å²) in [5, 5.41) is 14.4. The maximum absolute atomic E-state index is 13.6. The second kappa shape index (κ2) is 7.47. The third-order valence-corrected chi connectivity index (χ3v) is 3.06. The molecule has 0 aromatic heterocycles. The Morgan fingerprint density at radius 3 is 2.67 bits per heavy atom. The number of carbonyl (C=O) groups excluding carboxylic acids is 1. The van der Waals surface area contributed by atoms with Gasteiger partial charge in [0.15, 0.2) is 0 Å². The molecule has 7 heteroatoms. The second-order valence-electron chi connectivity index (χ2n) is 4.78. The first-order valence-electron chi connectivity index (χ1n) is 6.70. The summed E-state index contributed by atoms with van der Waals surface area (Å²) in [6.07, 6.45) is 0.990. The van der Waals surface area contributed by atoms with E-state index in [0.29, 0.717) is 0 Å². The minimum atomic E-state index is -1.23. The van der Waals surface area contributed by atoms with Crippen LogP contribution in [0.1, 0.15) is 37.0 Å². The van der Waals surface area contributed by atoms with Crippen molar-refractivity contribution in [1.82, 2.24) is 5.32 Å². The zero-order chi connectivity index (χ0) is 16.0. The standard InChI is InChI=1S/C14H20FN3O3/c1-3-8(2)18-13(19)4-5-17-12-6-9(14(20)21)11(16)7-10(12)15/h6-8,17H,3-5,16H2,1-2H3,(H,18,19)(H,20,21). The van der Waals surface area contributed by atoms with E-state index in [4.69, 9.17) is 10.8 Å². The fraction of sp³-hybridized carbons (Fsp3) is 0.429. The van der Waals surface area contributed by atoms with Crippen molar-refractivity contribution in [2.24, 2.45) is 0 Å². The van der Waals surface area contributed by atoms with Crippen LogP contribution in [0.2, 0.25) is 0 Å². The molecule has 1 amide bonds. The second-order valence-corrected chi connectivity index (χ2v) is 4.78. The quantitative estimate of drug-likeness (QED) is 0.575. The Balaban J connectivity index is 2.62. The summed E-state index contributed by atoms with van der Waals surface area (Å²) < 4.78 is 13.6. The Labute approximate surface area is 122 Å². The number of amides is 1. The first-order valence-corrected chi connectivity index (χ1v) is 6.70. The van der Waals surface area contributed by atoms with Gasteiger partial charge in [-0.2, -0.15) is 0 Å². The highest BCUT2D eigenvalue weighted by Crippen LogP contribution is 2.22. The summed E-state index contributed by atoms with van der Waals surface area (Å²) in [5.74, 6) is -2.03. The SMILES string of the molecule is CCC(C)NC(=O)CCNc1cc(C(=O)O)c(N)cc1F. The van der Waals surface area contributed by atoms with Crippen LogP contribution in [0, 0.1) is 5.82 Å². The van der Waals surface area contributed by atoms with Gasteiger partial charge in [-0.3, -0.25) is 4.79 Å². The van der Waals surface area contributed by atoms with Gasteiger partial charge in [-0.1, -0.05) is 6.92 Å². The molecule has 0 aliphatic heterocycles. The lowest BCUT2D eigenvalue weighted by Gasteiger charge is -2.13. The van der Waals surface area contributed by atoms with E-state index in [1.807, 2.05) is 13.8 Å². The lowest BCUT2D eigenvalue weighted by Crippen LogP contribution is -2.33. The van der Waals surface area contributed by atoms with Crippen LogP contribution >= 0.6 is 0 Å². The minimum absolute atomic E-state index is 0.0120. The van der Waals surface area contributed by atoms with Crippen molar-refractivity contribution in [3.8, 4) is 0 Å². The third kappa shape index (κ3) is 4.94. The highest BCUT2D eigenvalue weighted by Gasteiger charge is 2.13. The number of rotatable bonds is 7. The summed E-state index contributed by atoms with van der Waals surface area (Å²) in [7, 11) is 0. The summed E-state index contributed by atoms with van der Waals surface area (Å²) in [6.45, 7) is 4.05. The lowest BCUT2D eigenvalue weighted by atomic mass is 10.1. The Morgan fingerprint density at radius 1 is 1.43 bits per heavy atom. The van der Waals surface area contributed by atoms with Crippen molar-refractivity contribution >= 4 is 23.3 Å². The topological polar surface area (TPSA) is 104 Å². The van der Waals surface area contributed by atoms with Gasteiger partial charge in [0.25, 0.3) is 0 Å². The number of carboxylic acids is 1. The van der Waals surface area contributed by atoms with E-state index in [9.17, 15) is 14.0 Å². The molecule has 0 heterocycles. The molecular weight excluding hydrogens is 277 g/mol. The van der Waals surface area contributed by atoms with E-state index in [1.165, 1.54) is 0 Å². The van der Waals surface area contributed by atoms with Gasteiger partial charge in [-0.15, -0.1) is 0 Å². The molecular formula is C14H20FN3O3. The molecule has 1 unspecified atom stereocenters. The molecule has 0 saturated carbocycles. The highest BCUT2D eigenvalue weighted by atomic mass is 19.1. The van der Waals surface area contributed by atoms with Gasteiger partial charge in [0.1, 0.15) is 5.82 Å². The Hall–Kier alpha value is -2.31. The van der Waals surface area contributed by atoms with Crippen LogP contribution < -0.4 is 16.4 Å². The van der Waals surface area contributed by atoms with Crippen LogP contribution in [0.25, 0.3) is 0 Å². The molecule has 1 aromatic rings. The number of carboxylic acid groups (broad SMARTS) is 1. The molecule has 0 spiro atoms. The molecule has 0 aliphatic rings. The van der Waals surface area contributed by atoms with Crippen LogP contribution in [0.3, 0.4) is 0 Å². The summed E-state index contributed by atoms with van der Waals surface area (Å²) in [6, 6.07) is 2.16. The molecule has 21 heavy (non-hydrogen) atoms. The minimum Gasteiger partial charge on any atom is -0.478 e. The molecule has 1 atom stereocenters. The Kier molecular flexibility index (Phi) is 5.95. The predicted molar refractivity (Wildman–Crippen MR) is 78.8 cm³/mol. The van der Waals surface area contributed by atoms with Crippen LogP contribution in [-0.2, 0) is 4.79 Å². The third-order valence-electron chi connectivity index (χ3n) is 3.06. The highest BCUT2D eigenvalue weighted by molar-refractivity contribution is 5.94. The van der Waals surface area contributed by atoms with Gasteiger partial charge in [-0.25, -0.2) is 9.18 Å². The van der Waals surface area contributed by atoms with Crippen LogP contribution in [-0.4, -0.2) is 29.6 Å². The number of nitrogen functional groups attached to an aromatic ring is 1. The molecule has 6 nitrogen and oxygen atoms in total. The maximum atomic E-state index is 13.6. The van der Waals surface area contributed by atoms with E-state index in [1.54, 1.807) is 0 Å². The number of carbonyl (C=O) groups is 2. The summed E-state index contributed by atoms with van der Waals surface area (Å²) >= 11 is 0. The summed E-state index contributed by atoms with van der Waals surface area (Å²) in [5.41, 5.74) is 5.12. The molecule has 0 radical (unpaired) electrons. The molecule has 1 rings (SSSR count). The van der Waals surface area contributed by atoms with Crippen molar-refractivity contribution in [2.45, 2.75) is 32.7 Å². The molecule has 1 aromatic carbocycles. The predicted octanol–water partition coefficient (Wildman–Crippen LogP) is 1.82. The van der Waals surface area contributed by atoms with Crippen LogP contribution in [0.5, 0.6) is 0 Å². The van der Waals surface area contributed by atoms with Crippen molar-refractivity contribution in [3.63, 3.8) is 0 Å². The van der Waals surface area contributed by atoms with Gasteiger partial charge in [0.05, 0.1) is 11.3 Å². The smallest absolute Gasteiger partial charge is 0.337 e. The van der Waals surface area contributed by atoms with Crippen molar-refractivity contribution < 1.29 is 19.1 Å². The monoisotopic (exact) mass is 297 g/mol. The maximum Gasteiger partial charge on any atom is 0.337 e. The number of aromatic carboxylic acids is 1. The van der Waals surface area contributed by atoms with Crippen LogP contribution in [0.15, 0.2) is 12.1 Å². The average molecular weight is 297 g/mol. The van der Waals surface area contributed by atoms with Gasteiger partial charge in [-0.05, 0) is 25.5 Å². The van der Waals surface area contributed by atoms with E-state index in [0.717, 1.165) is 18.6 Å². The van der Waals surface area contributed by atoms with Gasteiger partial charge in [0.2, 0.25) is 5.91 Å². The van der Waals surface area contributed by atoms with Crippen LogP contribution in [0.4, 0.5) is 15.8 Å². The van der Waals surface area contributed by atoms with Crippen molar-refractivity contribution in [1.29, 1.82) is 0 Å². The Bertz CT molecular complexity index is 534. The normalized spacial score (nSPS) is 11.8. The number of benzene rings is 1. The molecule has 0 bridgehead atoms. The number of hydrogen-bond donors (Lipinski definition) is 4. The fourth-order valence-electron chi connectivity index (χ4n) is 1.67. The van der Waals surface area contributed by atoms with E-state index in [2.05, 4.69) is 10.6 Å². The average Bonchev–Trinajstić information content (AvgIpc) is 2.40. The first kappa shape index (κ1) is 16.7. The lowest BCUT2D eigenvalue weighted by molar-refractivity contribution is -0.121. The molecule has 0 aliphatic carbocycles. The largest absolute Gasteiger partial charge is 0.478 e. The van der Waals surface area contributed by atoms with Crippen molar-refractivity contribution in [3.05, 3.63) is 23.5 Å². The van der Waals surface area contributed by atoms with E-state index >= 15 is 0 Å². The molecule has 116 valence electrons. The van der Waals surface area contributed by atoms with E-state index < -0.39 is 11.8 Å². The van der Waals surface area contributed by atoms with Gasteiger partial charge >= 0.3 is 5.97 Å².